The quantitative estimate of drug-likeness (QED) is 0.722. The van der Waals surface area contributed by atoms with E-state index in [4.69, 9.17) is 10.5 Å². The summed E-state index contributed by atoms with van der Waals surface area (Å²) in [4.78, 5) is 4.08. The van der Waals surface area contributed by atoms with Crippen LogP contribution >= 0.6 is 0 Å². The Bertz CT molecular complexity index is 506. The number of anilines is 1. The van der Waals surface area contributed by atoms with Crippen molar-refractivity contribution in [3.8, 4) is 17.1 Å². The molecule has 1 aromatic heterocycles. The van der Waals surface area contributed by atoms with Gasteiger partial charge >= 0.3 is 0 Å². The van der Waals surface area contributed by atoms with Crippen LogP contribution in [-0.4, -0.2) is 21.8 Å². The summed E-state index contributed by atoms with van der Waals surface area (Å²) in [6, 6.07) is 5.96. The number of rotatable bonds is 1. The van der Waals surface area contributed by atoms with Gasteiger partial charge in [-0.05, 0) is 23.8 Å². The summed E-state index contributed by atoms with van der Waals surface area (Å²) in [6.45, 7) is 0.761. The number of H-pyrrole nitrogens is 1. The first-order valence-corrected chi connectivity index (χ1v) is 4.77. The smallest absolute Gasteiger partial charge is 0.239 e. The highest BCUT2D eigenvalue weighted by molar-refractivity contribution is 5.60. The van der Waals surface area contributed by atoms with E-state index in [1.54, 1.807) is 0 Å². The van der Waals surface area contributed by atoms with Crippen LogP contribution in [-0.2, 0) is 6.42 Å². The van der Waals surface area contributed by atoms with Gasteiger partial charge in [-0.15, -0.1) is 5.10 Å². The van der Waals surface area contributed by atoms with E-state index in [9.17, 15) is 0 Å². The number of hydrogen-bond acceptors (Lipinski definition) is 4. The highest BCUT2D eigenvalue weighted by Crippen LogP contribution is 2.29. The lowest BCUT2D eigenvalue weighted by atomic mass is 10.1. The molecule has 0 spiro atoms. The van der Waals surface area contributed by atoms with E-state index in [2.05, 4.69) is 21.2 Å². The predicted molar refractivity (Wildman–Crippen MR) is 55.4 cm³/mol. The maximum atomic E-state index is 5.45. The molecule has 5 nitrogen and oxygen atoms in total. The van der Waals surface area contributed by atoms with Gasteiger partial charge in [0.15, 0.2) is 5.82 Å². The average molecular weight is 202 g/mol. The summed E-state index contributed by atoms with van der Waals surface area (Å²) >= 11 is 0. The lowest BCUT2D eigenvalue weighted by Gasteiger charge is -2.00. The molecular formula is C10H10N4O. The van der Waals surface area contributed by atoms with Crippen LogP contribution < -0.4 is 10.5 Å². The van der Waals surface area contributed by atoms with E-state index >= 15 is 0 Å². The van der Waals surface area contributed by atoms with Gasteiger partial charge < -0.3 is 10.5 Å². The number of aromatic nitrogens is 3. The minimum atomic E-state index is 0.266. The Morgan fingerprint density at radius 3 is 3.13 bits per heavy atom. The van der Waals surface area contributed by atoms with Gasteiger partial charge in [-0.2, -0.15) is 4.98 Å². The third-order valence-electron chi connectivity index (χ3n) is 2.47. The summed E-state index contributed by atoms with van der Waals surface area (Å²) in [7, 11) is 0. The molecule has 0 aliphatic carbocycles. The standard InChI is InChI=1S/C10H10N4O/c11-10-12-9(13-14-10)7-1-2-8-6(5-7)3-4-15-8/h1-2,5H,3-4H2,(H3,11,12,13,14). The van der Waals surface area contributed by atoms with Crippen LogP contribution in [0.25, 0.3) is 11.4 Å². The Kier molecular flexibility index (Phi) is 1.65. The number of nitrogens with zero attached hydrogens (tertiary/aromatic N) is 2. The zero-order chi connectivity index (χ0) is 10.3. The first-order valence-electron chi connectivity index (χ1n) is 4.77. The predicted octanol–water partition coefficient (Wildman–Crippen LogP) is 0.989. The second-order valence-corrected chi connectivity index (χ2v) is 3.46. The van der Waals surface area contributed by atoms with E-state index in [0.29, 0.717) is 5.82 Å². The van der Waals surface area contributed by atoms with Crippen molar-refractivity contribution in [2.45, 2.75) is 6.42 Å². The van der Waals surface area contributed by atoms with Crippen LogP contribution in [0.5, 0.6) is 5.75 Å². The molecule has 0 radical (unpaired) electrons. The van der Waals surface area contributed by atoms with Gasteiger partial charge in [0.25, 0.3) is 0 Å². The molecule has 2 heterocycles. The molecule has 1 aliphatic heterocycles. The van der Waals surface area contributed by atoms with Crippen molar-refractivity contribution in [2.24, 2.45) is 0 Å². The minimum Gasteiger partial charge on any atom is -0.493 e. The number of aromatic amines is 1. The highest BCUT2D eigenvalue weighted by atomic mass is 16.5. The molecule has 0 bridgehead atoms. The molecule has 15 heavy (non-hydrogen) atoms. The molecule has 0 amide bonds. The van der Waals surface area contributed by atoms with Gasteiger partial charge in [-0.3, -0.25) is 5.10 Å². The van der Waals surface area contributed by atoms with Crippen molar-refractivity contribution in [3.63, 3.8) is 0 Å². The number of benzene rings is 1. The third kappa shape index (κ3) is 1.32. The number of ether oxygens (including phenoxy) is 1. The summed E-state index contributed by atoms with van der Waals surface area (Å²) in [5.41, 5.74) is 7.65. The number of nitrogen functional groups attached to an aromatic ring is 1. The van der Waals surface area contributed by atoms with Gasteiger partial charge in [0.1, 0.15) is 5.75 Å². The maximum absolute atomic E-state index is 5.45. The monoisotopic (exact) mass is 202 g/mol. The first-order chi connectivity index (χ1) is 7.33. The molecule has 3 rings (SSSR count). The van der Waals surface area contributed by atoms with E-state index in [-0.39, 0.29) is 5.95 Å². The summed E-state index contributed by atoms with van der Waals surface area (Å²) in [5, 5.41) is 6.58. The van der Waals surface area contributed by atoms with Crippen molar-refractivity contribution >= 4 is 5.95 Å². The molecule has 3 N–H and O–H groups in total. The zero-order valence-electron chi connectivity index (χ0n) is 8.03. The van der Waals surface area contributed by atoms with Crippen LogP contribution in [0.2, 0.25) is 0 Å². The van der Waals surface area contributed by atoms with E-state index < -0.39 is 0 Å². The summed E-state index contributed by atoms with van der Waals surface area (Å²) in [6.07, 6.45) is 0.951. The van der Waals surface area contributed by atoms with E-state index in [1.165, 1.54) is 5.56 Å². The fourth-order valence-electron chi connectivity index (χ4n) is 1.74. The molecule has 0 atom stereocenters. The van der Waals surface area contributed by atoms with Crippen molar-refractivity contribution in [3.05, 3.63) is 23.8 Å². The van der Waals surface area contributed by atoms with Gasteiger partial charge in [0, 0.05) is 12.0 Å². The SMILES string of the molecule is Nc1n[nH]c(-c2ccc3c(c2)CCO3)n1. The van der Waals surface area contributed by atoms with Crippen molar-refractivity contribution in [1.29, 1.82) is 0 Å². The fourth-order valence-corrected chi connectivity index (χ4v) is 1.74. The van der Waals surface area contributed by atoms with Crippen LogP contribution in [0, 0.1) is 0 Å². The van der Waals surface area contributed by atoms with E-state index in [0.717, 1.165) is 24.3 Å². The Labute approximate surface area is 86.3 Å². The minimum absolute atomic E-state index is 0.266. The second-order valence-electron chi connectivity index (χ2n) is 3.46. The molecule has 0 fully saturated rings. The summed E-state index contributed by atoms with van der Waals surface area (Å²) in [5.74, 6) is 1.93. The van der Waals surface area contributed by atoms with Crippen LogP contribution in [0.3, 0.4) is 0 Å². The number of nitrogens with one attached hydrogen (secondary N) is 1. The molecule has 0 unspecified atom stereocenters. The normalized spacial score (nSPS) is 13.6. The molecule has 1 aromatic carbocycles. The maximum Gasteiger partial charge on any atom is 0.239 e. The molecular weight excluding hydrogens is 192 g/mol. The molecule has 1 aliphatic rings. The van der Waals surface area contributed by atoms with E-state index in [1.807, 2.05) is 12.1 Å². The third-order valence-corrected chi connectivity index (χ3v) is 2.47. The zero-order valence-corrected chi connectivity index (χ0v) is 8.03. The Balaban J connectivity index is 2.06. The van der Waals surface area contributed by atoms with Crippen molar-refractivity contribution in [1.82, 2.24) is 15.2 Å². The van der Waals surface area contributed by atoms with Gasteiger partial charge in [0.05, 0.1) is 6.61 Å². The second kappa shape index (κ2) is 2.98. The Morgan fingerprint density at radius 2 is 2.33 bits per heavy atom. The van der Waals surface area contributed by atoms with Gasteiger partial charge in [0.2, 0.25) is 5.95 Å². The van der Waals surface area contributed by atoms with Crippen LogP contribution in [0.4, 0.5) is 5.95 Å². The molecule has 76 valence electrons. The number of nitrogens with two attached hydrogens (primary N) is 1. The largest absolute Gasteiger partial charge is 0.493 e. The molecule has 2 aromatic rings. The molecule has 0 saturated carbocycles. The number of hydrogen-bond donors (Lipinski definition) is 2. The summed E-state index contributed by atoms with van der Waals surface area (Å²) < 4.78 is 5.42. The van der Waals surface area contributed by atoms with Gasteiger partial charge in [-0.25, -0.2) is 0 Å². The van der Waals surface area contributed by atoms with Crippen molar-refractivity contribution in [2.75, 3.05) is 12.3 Å². The van der Waals surface area contributed by atoms with Crippen LogP contribution in [0.15, 0.2) is 18.2 Å². The topological polar surface area (TPSA) is 76.8 Å². The molecule has 5 heteroatoms. The first kappa shape index (κ1) is 8.28. The lowest BCUT2D eigenvalue weighted by molar-refractivity contribution is 0.357. The van der Waals surface area contributed by atoms with Crippen molar-refractivity contribution < 1.29 is 4.74 Å². The number of fused-ring (bicyclic) bond motifs is 1. The Morgan fingerprint density at radius 1 is 1.40 bits per heavy atom. The molecule has 0 saturated heterocycles. The average Bonchev–Trinajstić information content (AvgIpc) is 2.84. The van der Waals surface area contributed by atoms with Gasteiger partial charge in [-0.1, -0.05) is 0 Å². The van der Waals surface area contributed by atoms with Crippen LogP contribution in [0.1, 0.15) is 5.56 Å². The Hall–Kier alpha value is -2.04. The fraction of sp³-hybridized carbons (Fsp3) is 0.200. The lowest BCUT2D eigenvalue weighted by Crippen LogP contribution is -1.86. The highest BCUT2D eigenvalue weighted by Gasteiger charge is 2.13.